The van der Waals surface area contributed by atoms with Gasteiger partial charge in [-0.05, 0) is 30.0 Å². The number of rotatable bonds is 6. The Hall–Kier alpha value is -1.95. The summed E-state index contributed by atoms with van der Waals surface area (Å²) in [7, 11) is 3.55. The molecule has 0 aliphatic carbocycles. The summed E-state index contributed by atoms with van der Waals surface area (Å²) in [4.78, 5) is 1.61. The van der Waals surface area contributed by atoms with E-state index in [9.17, 15) is 0 Å². The van der Waals surface area contributed by atoms with E-state index in [-0.39, 0.29) is 0 Å². The van der Waals surface area contributed by atoms with Crippen molar-refractivity contribution >= 4 is 0 Å². The van der Waals surface area contributed by atoms with Crippen molar-refractivity contribution in [3.05, 3.63) is 35.7 Å². The number of tetrazole rings is 1. The highest BCUT2D eigenvalue weighted by Crippen LogP contribution is 2.12. The van der Waals surface area contributed by atoms with E-state index in [1.54, 1.807) is 11.9 Å². The summed E-state index contributed by atoms with van der Waals surface area (Å²) in [6.07, 6.45) is 0.684. The van der Waals surface area contributed by atoms with Crippen LogP contribution in [-0.4, -0.2) is 40.9 Å². The average Bonchev–Trinajstić information content (AvgIpc) is 2.85. The van der Waals surface area contributed by atoms with E-state index in [4.69, 9.17) is 4.74 Å². The molecule has 0 atom stereocenters. The zero-order valence-electron chi connectivity index (χ0n) is 10.6. The lowest BCUT2D eigenvalue weighted by atomic mass is 10.1. The monoisotopic (exact) mass is 247 g/mol. The Bertz CT molecular complexity index is 479. The largest absolute Gasteiger partial charge is 0.497 e. The summed E-state index contributed by atoms with van der Waals surface area (Å²) < 4.78 is 5.11. The molecule has 0 fully saturated rings. The summed E-state index contributed by atoms with van der Waals surface area (Å²) >= 11 is 0. The number of methoxy groups -OCH3 is 1. The minimum atomic E-state index is 0.684. The Kier molecular flexibility index (Phi) is 4.25. The molecule has 0 saturated carbocycles. The maximum atomic E-state index is 5.11. The molecule has 2 aromatic rings. The smallest absolute Gasteiger partial charge is 0.179 e. The Morgan fingerprint density at radius 2 is 2.06 bits per heavy atom. The third-order valence-corrected chi connectivity index (χ3v) is 2.58. The molecule has 96 valence electrons. The number of nitrogens with one attached hydrogen (secondary N) is 1. The summed E-state index contributed by atoms with van der Waals surface area (Å²) in [5, 5.41) is 15.4. The first-order chi connectivity index (χ1) is 8.81. The molecule has 1 aromatic heterocycles. The number of hydrogen-bond donors (Lipinski definition) is 1. The minimum absolute atomic E-state index is 0.684. The predicted octanol–water partition coefficient (Wildman–Crippen LogP) is 0.492. The molecule has 2 rings (SSSR count). The van der Waals surface area contributed by atoms with Gasteiger partial charge in [-0.1, -0.05) is 12.1 Å². The number of benzene rings is 1. The SMILES string of the molecule is CNCCn1nnc(Cc2ccc(OC)cc2)n1. The molecule has 18 heavy (non-hydrogen) atoms. The van der Waals surface area contributed by atoms with Crippen LogP contribution in [0.2, 0.25) is 0 Å². The predicted molar refractivity (Wildman–Crippen MR) is 67.5 cm³/mol. The van der Waals surface area contributed by atoms with Gasteiger partial charge >= 0.3 is 0 Å². The quantitative estimate of drug-likeness (QED) is 0.805. The molecule has 1 aromatic carbocycles. The van der Waals surface area contributed by atoms with Gasteiger partial charge in [0.25, 0.3) is 0 Å². The van der Waals surface area contributed by atoms with Gasteiger partial charge in [0, 0.05) is 13.0 Å². The van der Waals surface area contributed by atoms with Crippen LogP contribution in [0.3, 0.4) is 0 Å². The van der Waals surface area contributed by atoms with Gasteiger partial charge in [-0.15, -0.1) is 10.2 Å². The van der Waals surface area contributed by atoms with Gasteiger partial charge in [-0.3, -0.25) is 0 Å². The lowest BCUT2D eigenvalue weighted by Gasteiger charge is -2.00. The number of aromatic nitrogens is 4. The number of ether oxygens (including phenoxy) is 1. The van der Waals surface area contributed by atoms with E-state index in [0.29, 0.717) is 6.42 Å². The van der Waals surface area contributed by atoms with Crippen LogP contribution in [-0.2, 0) is 13.0 Å². The Morgan fingerprint density at radius 1 is 1.28 bits per heavy atom. The number of nitrogens with zero attached hydrogens (tertiary/aromatic N) is 4. The van der Waals surface area contributed by atoms with Gasteiger partial charge in [0.2, 0.25) is 0 Å². The fourth-order valence-electron chi connectivity index (χ4n) is 1.58. The third-order valence-electron chi connectivity index (χ3n) is 2.58. The van der Waals surface area contributed by atoms with Gasteiger partial charge < -0.3 is 10.1 Å². The molecule has 6 heteroatoms. The molecule has 0 radical (unpaired) electrons. The second kappa shape index (κ2) is 6.11. The van der Waals surface area contributed by atoms with E-state index < -0.39 is 0 Å². The zero-order chi connectivity index (χ0) is 12.8. The first-order valence-corrected chi connectivity index (χ1v) is 5.86. The van der Waals surface area contributed by atoms with Crippen LogP contribution in [0.4, 0.5) is 0 Å². The lowest BCUT2D eigenvalue weighted by molar-refractivity contribution is 0.414. The second-order valence-corrected chi connectivity index (χ2v) is 3.93. The highest BCUT2D eigenvalue weighted by Gasteiger charge is 2.04. The molecule has 0 unspecified atom stereocenters. The van der Waals surface area contributed by atoms with Crippen LogP contribution < -0.4 is 10.1 Å². The van der Waals surface area contributed by atoms with Crippen LogP contribution in [0.1, 0.15) is 11.4 Å². The topological polar surface area (TPSA) is 64.9 Å². The molecule has 1 N–H and O–H groups in total. The van der Waals surface area contributed by atoms with E-state index in [2.05, 4.69) is 20.7 Å². The molecule has 1 heterocycles. The van der Waals surface area contributed by atoms with E-state index in [1.807, 2.05) is 31.3 Å². The molecule has 0 aliphatic heterocycles. The van der Waals surface area contributed by atoms with Crippen LogP contribution in [0.5, 0.6) is 5.75 Å². The Labute approximate surface area is 106 Å². The zero-order valence-corrected chi connectivity index (χ0v) is 10.6. The molecular formula is C12H17N5O. The Balaban J connectivity index is 1.97. The van der Waals surface area contributed by atoms with Crippen molar-refractivity contribution in [3.63, 3.8) is 0 Å². The molecule has 0 spiro atoms. The highest BCUT2D eigenvalue weighted by atomic mass is 16.5. The van der Waals surface area contributed by atoms with Gasteiger partial charge in [0.05, 0.1) is 13.7 Å². The van der Waals surface area contributed by atoms with Gasteiger partial charge in [0.1, 0.15) is 5.75 Å². The standard InChI is InChI=1S/C12H17N5O/c1-13-7-8-17-15-12(14-16-17)9-10-3-5-11(18-2)6-4-10/h3-6,13H,7-9H2,1-2H3. The second-order valence-electron chi connectivity index (χ2n) is 3.93. The third kappa shape index (κ3) is 3.27. The lowest BCUT2D eigenvalue weighted by Crippen LogP contribution is -2.16. The van der Waals surface area contributed by atoms with Crippen LogP contribution in [0.25, 0.3) is 0 Å². The van der Waals surface area contributed by atoms with Crippen molar-refractivity contribution in [3.8, 4) is 5.75 Å². The van der Waals surface area contributed by atoms with E-state index in [1.165, 1.54) is 0 Å². The number of likely N-dealkylation sites (N-methyl/N-ethyl adjacent to an activating group) is 1. The molecule has 0 saturated heterocycles. The molecule has 0 bridgehead atoms. The normalized spacial score (nSPS) is 10.6. The van der Waals surface area contributed by atoms with Crippen molar-refractivity contribution in [2.45, 2.75) is 13.0 Å². The molecule has 0 aliphatic rings. The fraction of sp³-hybridized carbons (Fsp3) is 0.417. The van der Waals surface area contributed by atoms with Crippen LogP contribution in [0.15, 0.2) is 24.3 Å². The van der Waals surface area contributed by atoms with Crippen molar-refractivity contribution in [1.29, 1.82) is 0 Å². The molecular weight excluding hydrogens is 230 g/mol. The first kappa shape index (κ1) is 12.5. The fourth-order valence-corrected chi connectivity index (χ4v) is 1.58. The van der Waals surface area contributed by atoms with Crippen LogP contribution in [0, 0.1) is 0 Å². The minimum Gasteiger partial charge on any atom is -0.497 e. The first-order valence-electron chi connectivity index (χ1n) is 5.86. The van der Waals surface area contributed by atoms with Crippen molar-refractivity contribution < 1.29 is 4.74 Å². The average molecular weight is 247 g/mol. The highest BCUT2D eigenvalue weighted by molar-refractivity contribution is 5.28. The van der Waals surface area contributed by atoms with Gasteiger partial charge in [-0.2, -0.15) is 4.80 Å². The van der Waals surface area contributed by atoms with Crippen molar-refractivity contribution in [2.75, 3.05) is 20.7 Å². The maximum Gasteiger partial charge on any atom is 0.179 e. The van der Waals surface area contributed by atoms with Crippen LogP contribution >= 0.6 is 0 Å². The van der Waals surface area contributed by atoms with Crippen molar-refractivity contribution in [2.24, 2.45) is 0 Å². The van der Waals surface area contributed by atoms with Gasteiger partial charge in [-0.25, -0.2) is 0 Å². The summed E-state index contributed by atoms with van der Waals surface area (Å²) in [5.74, 6) is 1.58. The van der Waals surface area contributed by atoms with Gasteiger partial charge in [0.15, 0.2) is 5.82 Å². The summed E-state index contributed by atoms with van der Waals surface area (Å²) in [6, 6.07) is 7.88. The molecule has 6 nitrogen and oxygen atoms in total. The molecule has 0 amide bonds. The summed E-state index contributed by atoms with van der Waals surface area (Å²) in [6.45, 7) is 1.56. The van der Waals surface area contributed by atoms with E-state index >= 15 is 0 Å². The summed E-state index contributed by atoms with van der Waals surface area (Å²) in [5.41, 5.74) is 1.14. The Morgan fingerprint density at radius 3 is 2.72 bits per heavy atom. The maximum absolute atomic E-state index is 5.11. The van der Waals surface area contributed by atoms with Crippen molar-refractivity contribution in [1.82, 2.24) is 25.5 Å². The van der Waals surface area contributed by atoms with E-state index in [0.717, 1.165) is 30.2 Å². The number of hydrogen-bond acceptors (Lipinski definition) is 5.